The van der Waals surface area contributed by atoms with Gasteiger partial charge in [-0.2, -0.15) is 0 Å². The molecule has 1 aliphatic heterocycles. The highest BCUT2D eigenvalue weighted by Crippen LogP contribution is 2.25. The molecule has 2 rings (SSSR count). The zero-order chi connectivity index (χ0) is 13.9. The van der Waals surface area contributed by atoms with Crippen molar-refractivity contribution < 1.29 is 19.7 Å². The maximum Gasteiger partial charge on any atom is 0.308 e. The number of rotatable bonds is 6. The summed E-state index contributed by atoms with van der Waals surface area (Å²) in [6, 6.07) is 3.76. The molecule has 1 aliphatic rings. The zero-order valence-corrected chi connectivity index (χ0v) is 11.7. The number of hydrogen-bond donors (Lipinski definition) is 3. The van der Waals surface area contributed by atoms with E-state index in [1.165, 1.54) is 11.3 Å². The Morgan fingerprint density at radius 1 is 1.58 bits per heavy atom. The third-order valence-corrected chi connectivity index (χ3v) is 4.52. The number of thiophene rings is 1. The maximum atomic E-state index is 10.6. The fourth-order valence-electron chi connectivity index (χ4n) is 2.17. The second kappa shape index (κ2) is 6.00. The summed E-state index contributed by atoms with van der Waals surface area (Å²) in [4.78, 5) is 12.5. The monoisotopic (exact) mass is 285 g/mol. The Labute approximate surface area is 116 Å². The summed E-state index contributed by atoms with van der Waals surface area (Å²) in [5, 5.41) is 22.2. The van der Waals surface area contributed by atoms with Crippen LogP contribution in [0.2, 0.25) is 0 Å². The molecule has 2 heterocycles. The number of carboxylic acid groups (broad SMARTS) is 1. The summed E-state index contributed by atoms with van der Waals surface area (Å²) in [7, 11) is 0. The van der Waals surface area contributed by atoms with Gasteiger partial charge in [0.25, 0.3) is 0 Å². The van der Waals surface area contributed by atoms with Gasteiger partial charge in [-0.1, -0.05) is 0 Å². The van der Waals surface area contributed by atoms with Gasteiger partial charge in [0.15, 0.2) is 0 Å². The highest BCUT2D eigenvalue weighted by atomic mass is 32.1. The summed E-state index contributed by atoms with van der Waals surface area (Å²) in [5.74, 6) is -0.812. The predicted molar refractivity (Wildman–Crippen MR) is 72.3 cm³/mol. The largest absolute Gasteiger partial charge is 0.481 e. The molecule has 19 heavy (non-hydrogen) atoms. The average Bonchev–Trinajstić information content (AvgIpc) is 2.88. The number of carboxylic acids is 1. The molecule has 3 N–H and O–H groups in total. The minimum absolute atomic E-state index is 0.0689. The first-order valence-electron chi connectivity index (χ1n) is 6.34. The van der Waals surface area contributed by atoms with Crippen LogP contribution in [0.4, 0.5) is 0 Å². The van der Waals surface area contributed by atoms with Crippen LogP contribution in [0.15, 0.2) is 12.1 Å². The van der Waals surface area contributed by atoms with Crippen LogP contribution < -0.4 is 5.32 Å². The van der Waals surface area contributed by atoms with Crippen LogP contribution >= 0.6 is 11.3 Å². The number of aliphatic carboxylic acids is 1. The molecule has 5 nitrogen and oxygen atoms in total. The fourth-order valence-corrected chi connectivity index (χ4v) is 3.15. The van der Waals surface area contributed by atoms with E-state index in [0.717, 1.165) is 9.75 Å². The van der Waals surface area contributed by atoms with E-state index < -0.39 is 11.6 Å². The SMILES string of the molecule is CC1OCCC1(O)CNCc1ccc(CC(=O)O)s1. The van der Waals surface area contributed by atoms with Crippen molar-refractivity contribution in [1.82, 2.24) is 5.32 Å². The molecule has 0 radical (unpaired) electrons. The predicted octanol–water partition coefficient (Wildman–Crippen LogP) is 1.00. The summed E-state index contributed by atoms with van der Waals surface area (Å²) in [5.41, 5.74) is -0.791. The molecular formula is C13H19NO4S. The summed E-state index contributed by atoms with van der Waals surface area (Å²) in [6.07, 6.45) is 0.570. The molecule has 6 heteroatoms. The van der Waals surface area contributed by atoms with Gasteiger partial charge in [0.2, 0.25) is 0 Å². The van der Waals surface area contributed by atoms with Gasteiger partial charge in [-0.05, 0) is 19.1 Å². The Balaban J connectivity index is 1.79. The zero-order valence-electron chi connectivity index (χ0n) is 10.9. The first-order valence-corrected chi connectivity index (χ1v) is 7.15. The fraction of sp³-hybridized carbons (Fsp3) is 0.615. The molecule has 0 spiro atoms. The van der Waals surface area contributed by atoms with Crippen molar-refractivity contribution in [2.24, 2.45) is 0 Å². The van der Waals surface area contributed by atoms with E-state index in [9.17, 15) is 9.90 Å². The van der Waals surface area contributed by atoms with E-state index in [-0.39, 0.29) is 12.5 Å². The van der Waals surface area contributed by atoms with Crippen LogP contribution in [0.3, 0.4) is 0 Å². The number of nitrogens with one attached hydrogen (secondary N) is 1. The van der Waals surface area contributed by atoms with Gasteiger partial charge < -0.3 is 20.3 Å². The second-order valence-corrected chi connectivity index (χ2v) is 6.16. The van der Waals surface area contributed by atoms with Crippen LogP contribution in [0.25, 0.3) is 0 Å². The molecule has 2 unspecified atom stereocenters. The molecule has 0 aliphatic carbocycles. The third-order valence-electron chi connectivity index (χ3n) is 3.43. The van der Waals surface area contributed by atoms with Crippen molar-refractivity contribution in [3.8, 4) is 0 Å². The van der Waals surface area contributed by atoms with Crippen LogP contribution in [0, 0.1) is 0 Å². The normalized spacial score (nSPS) is 26.7. The standard InChI is InChI=1S/C13H19NO4S/c1-9-13(17,4-5-18-9)8-14-7-11-3-2-10(19-11)6-12(15)16/h2-3,9,14,17H,4-8H2,1H3,(H,15,16). The van der Waals surface area contributed by atoms with E-state index in [1.807, 2.05) is 19.1 Å². The maximum absolute atomic E-state index is 10.6. The Kier molecular flexibility index (Phi) is 4.57. The number of aliphatic hydroxyl groups is 1. The topological polar surface area (TPSA) is 78.8 Å². The van der Waals surface area contributed by atoms with Crippen LogP contribution in [0.1, 0.15) is 23.1 Å². The average molecular weight is 285 g/mol. The number of ether oxygens (including phenoxy) is 1. The van der Waals surface area contributed by atoms with Gasteiger partial charge in [-0.3, -0.25) is 4.79 Å². The van der Waals surface area contributed by atoms with E-state index in [1.54, 1.807) is 0 Å². The molecule has 0 bridgehead atoms. The molecule has 1 saturated heterocycles. The lowest BCUT2D eigenvalue weighted by atomic mass is 9.97. The molecule has 0 amide bonds. The van der Waals surface area contributed by atoms with Crippen molar-refractivity contribution in [3.05, 3.63) is 21.9 Å². The van der Waals surface area contributed by atoms with Crippen molar-refractivity contribution in [2.45, 2.75) is 38.0 Å². The van der Waals surface area contributed by atoms with Crippen LogP contribution in [-0.4, -0.2) is 41.0 Å². The first kappa shape index (κ1) is 14.5. The number of hydrogen-bond acceptors (Lipinski definition) is 5. The van der Waals surface area contributed by atoms with Gasteiger partial charge in [0.05, 0.1) is 12.5 Å². The molecule has 106 valence electrons. The molecule has 0 saturated carbocycles. The molecular weight excluding hydrogens is 266 g/mol. The van der Waals surface area contributed by atoms with Crippen molar-refractivity contribution in [3.63, 3.8) is 0 Å². The van der Waals surface area contributed by atoms with E-state index in [2.05, 4.69) is 5.32 Å². The second-order valence-electron chi connectivity index (χ2n) is 4.91. The summed E-state index contributed by atoms with van der Waals surface area (Å²) in [6.45, 7) is 3.60. The van der Waals surface area contributed by atoms with E-state index >= 15 is 0 Å². The van der Waals surface area contributed by atoms with Crippen LogP contribution in [-0.2, 0) is 22.5 Å². The van der Waals surface area contributed by atoms with Gasteiger partial charge >= 0.3 is 5.97 Å². The molecule has 0 aromatic carbocycles. The minimum atomic E-state index is -0.812. The molecule has 1 aromatic heterocycles. The van der Waals surface area contributed by atoms with Gasteiger partial charge in [-0.15, -0.1) is 11.3 Å². The van der Waals surface area contributed by atoms with Crippen molar-refractivity contribution in [1.29, 1.82) is 0 Å². The van der Waals surface area contributed by atoms with Crippen molar-refractivity contribution >= 4 is 17.3 Å². The Hall–Kier alpha value is -0.950. The lowest BCUT2D eigenvalue weighted by molar-refractivity contribution is -0.136. The first-order chi connectivity index (χ1) is 8.99. The Bertz CT molecular complexity index is 448. The summed E-state index contributed by atoms with van der Waals surface area (Å²) < 4.78 is 5.37. The third kappa shape index (κ3) is 3.76. The van der Waals surface area contributed by atoms with Gasteiger partial charge in [0.1, 0.15) is 5.60 Å². The summed E-state index contributed by atoms with van der Waals surface area (Å²) >= 11 is 1.49. The smallest absolute Gasteiger partial charge is 0.308 e. The van der Waals surface area contributed by atoms with Crippen molar-refractivity contribution in [2.75, 3.05) is 13.2 Å². The lowest BCUT2D eigenvalue weighted by Crippen LogP contribution is -2.45. The number of carbonyl (C=O) groups is 1. The molecule has 1 aromatic rings. The molecule has 1 fully saturated rings. The van der Waals surface area contributed by atoms with Gasteiger partial charge in [-0.25, -0.2) is 0 Å². The van der Waals surface area contributed by atoms with Gasteiger partial charge in [0, 0.05) is 35.9 Å². The van der Waals surface area contributed by atoms with E-state index in [0.29, 0.717) is 26.1 Å². The molecule has 2 atom stereocenters. The highest BCUT2D eigenvalue weighted by Gasteiger charge is 2.38. The highest BCUT2D eigenvalue weighted by molar-refractivity contribution is 7.12. The van der Waals surface area contributed by atoms with E-state index in [4.69, 9.17) is 9.84 Å². The Morgan fingerprint density at radius 2 is 2.32 bits per heavy atom. The minimum Gasteiger partial charge on any atom is -0.481 e. The quantitative estimate of drug-likeness (QED) is 0.727. The van der Waals surface area contributed by atoms with Crippen LogP contribution in [0.5, 0.6) is 0 Å². The Morgan fingerprint density at radius 3 is 2.95 bits per heavy atom. The lowest BCUT2D eigenvalue weighted by Gasteiger charge is -2.26.